The van der Waals surface area contributed by atoms with E-state index >= 15 is 0 Å². The van der Waals surface area contributed by atoms with Crippen LogP contribution in [-0.2, 0) is 47.0 Å². The minimum Gasteiger partial charge on any atom is -0.325 e. The van der Waals surface area contributed by atoms with Crippen molar-refractivity contribution in [3.63, 3.8) is 0 Å². The number of sulfone groups is 2. The molecule has 0 aliphatic rings. The van der Waals surface area contributed by atoms with Crippen LogP contribution in [0.2, 0.25) is 0 Å². The summed E-state index contributed by atoms with van der Waals surface area (Å²) in [5.41, 5.74) is -1.23. The molecule has 0 saturated heterocycles. The third kappa shape index (κ3) is 9.81. The maximum atomic E-state index is 12.9. The zero-order chi connectivity index (χ0) is 43.7. The van der Waals surface area contributed by atoms with Gasteiger partial charge < -0.3 is 10.6 Å². The quantitative estimate of drug-likeness (QED) is 0.146. The number of hydrogen-bond donors (Lipinski definition) is 2. The number of amides is 2. The van der Waals surface area contributed by atoms with Gasteiger partial charge >= 0.3 is 12.4 Å². The number of pyridine rings is 3. The van der Waals surface area contributed by atoms with E-state index in [1.165, 1.54) is 20.0 Å². The zero-order valence-corrected chi connectivity index (χ0v) is 33.7. The molecule has 5 rings (SSSR count). The van der Waals surface area contributed by atoms with Crippen LogP contribution in [0.3, 0.4) is 0 Å². The molecule has 5 aromatic rings. The number of halogens is 6. The Bertz CT molecular complexity index is 2540. The molecule has 0 bridgehead atoms. The van der Waals surface area contributed by atoms with Gasteiger partial charge in [0, 0.05) is 29.7 Å². The summed E-state index contributed by atoms with van der Waals surface area (Å²) in [7, 11) is -8.63. The van der Waals surface area contributed by atoms with E-state index in [0.717, 1.165) is 42.3 Å². The smallest absolute Gasteiger partial charge is 0.325 e. The van der Waals surface area contributed by atoms with Crippen molar-refractivity contribution in [2.75, 3.05) is 10.6 Å². The van der Waals surface area contributed by atoms with Crippen LogP contribution in [-0.4, -0.2) is 53.1 Å². The molecule has 0 aliphatic heterocycles. The van der Waals surface area contributed by atoms with Crippen molar-refractivity contribution in [1.82, 2.24) is 15.0 Å². The van der Waals surface area contributed by atoms with E-state index < -0.39 is 74.5 Å². The van der Waals surface area contributed by atoms with Crippen molar-refractivity contribution < 1.29 is 52.8 Å². The molecule has 0 atom stereocenters. The second-order valence-electron chi connectivity index (χ2n) is 14.9. The van der Waals surface area contributed by atoms with E-state index in [2.05, 4.69) is 25.6 Å². The summed E-state index contributed by atoms with van der Waals surface area (Å²) in [6.45, 7) is 10.7. The van der Waals surface area contributed by atoms with Gasteiger partial charge in [-0.1, -0.05) is 57.2 Å². The maximum absolute atomic E-state index is 12.9. The summed E-state index contributed by atoms with van der Waals surface area (Å²) in [6, 6.07) is 18.6. The molecule has 3 aromatic heterocycles. The van der Waals surface area contributed by atoms with E-state index in [1.54, 1.807) is 30.3 Å². The first-order valence-corrected chi connectivity index (χ1v) is 20.1. The molecule has 2 aromatic carbocycles. The number of aromatic nitrogens is 3. The Morgan fingerprint density at radius 1 is 0.534 bits per heavy atom. The molecular weight excluding hydrogens is 813 g/mol. The fraction of sp³-hybridized carbons (Fsp3) is 0.308. The highest BCUT2D eigenvalue weighted by Crippen LogP contribution is 2.33. The largest absolute Gasteiger partial charge is 0.433 e. The van der Waals surface area contributed by atoms with E-state index in [9.17, 15) is 52.8 Å². The second-order valence-corrected chi connectivity index (χ2v) is 19.9. The average molecular weight is 852 g/mol. The minimum atomic E-state index is -4.70. The number of hydrogen-bond acceptors (Lipinski definition) is 9. The Balaban J connectivity index is 0.000000257. The van der Waals surface area contributed by atoms with Gasteiger partial charge in [-0.2, -0.15) is 26.3 Å². The highest BCUT2D eigenvalue weighted by molar-refractivity contribution is 7.94. The van der Waals surface area contributed by atoms with Gasteiger partial charge in [0.2, 0.25) is 11.8 Å². The number of carbonyl (C=O) groups excluding carboxylic acids is 2. The Kier molecular flexibility index (Phi) is 12.5. The second kappa shape index (κ2) is 16.1. The lowest BCUT2D eigenvalue weighted by molar-refractivity contribution is -0.142. The normalized spacial score (nSPS) is 13.0. The van der Waals surface area contributed by atoms with E-state index in [4.69, 9.17) is 0 Å². The van der Waals surface area contributed by atoms with Crippen molar-refractivity contribution in [2.24, 2.45) is 0 Å². The lowest BCUT2D eigenvalue weighted by Gasteiger charge is -2.25. The maximum Gasteiger partial charge on any atom is 0.433 e. The van der Waals surface area contributed by atoms with Gasteiger partial charge in [-0.25, -0.2) is 21.8 Å². The van der Waals surface area contributed by atoms with Crippen LogP contribution in [0.25, 0.3) is 10.8 Å². The third-order valence-corrected chi connectivity index (χ3v) is 13.8. The van der Waals surface area contributed by atoms with Crippen molar-refractivity contribution in [2.45, 2.75) is 85.5 Å². The Morgan fingerprint density at radius 2 is 1.00 bits per heavy atom. The van der Waals surface area contributed by atoms with Crippen LogP contribution in [0.15, 0.2) is 107 Å². The molecule has 0 unspecified atom stereocenters. The molecule has 19 heteroatoms. The Labute approximate surface area is 331 Å². The molecular formula is C39H39F6N5O6S2. The Hall–Kier alpha value is -5.43. The number of rotatable bonds is 8. The van der Waals surface area contributed by atoms with Crippen LogP contribution in [0.1, 0.15) is 65.4 Å². The summed E-state index contributed by atoms with van der Waals surface area (Å²) >= 11 is 0. The molecule has 310 valence electrons. The number of nitrogens with one attached hydrogen (secondary N) is 2. The number of anilines is 2. The first-order valence-electron chi connectivity index (χ1n) is 17.1. The lowest BCUT2D eigenvalue weighted by Crippen LogP contribution is -2.44. The van der Waals surface area contributed by atoms with Crippen molar-refractivity contribution in [1.29, 1.82) is 0 Å². The molecule has 58 heavy (non-hydrogen) atoms. The van der Waals surface area contributed by atoms with Gasteiger partial charge in [-0.3, -0.25) is 19.6 Å². The van der Waals surface area contributed by atoms with E-state index in [0.29, 0.717) is 30.2 Å². The van der Waals surface area contributed by atoms with Gasteiger partial charge in [0.15, 0.2) is 19.7 Å². The fourth-order valence-corrected chi connectivity index (χ4v) is 7.66. The van der Waals surface area contributed by atoms with Crippen LogP contribution < -0.4 is 10.6 Å². The number of carbonyl (C=O) groups is 2. The number of nitrogens with zero attached hydrogens (tertiary/aromatic N) is 3. The monoisotopic (exact) mass is 851 g/mol. The van der Waals surface area contributed by atoms with Gasteiger partial charge in [0.05, 0.1) is 9.79 Å². The molecule has 3 heterocycles. The molecule has 2 N–H and O–H groups in total. The highest BCUT2D eigenvalue weighted by Gasteiger charge is 2.45. The van der Waals surface area contributed by atoms with Gasteiger partial charge in [-0.05, 0) is 86.5 Å². The SMILES string of the molecule is CC(C)(C(=O)Nc1cc2ccccc2cn1)S(=O)(=O)c1ccc(C(F)(F)F)nc1.CC(C)(C)c1cccc(NC(=O)C(C)(C)S(=O)(=O)c2ccc(C(F)(F)F)nc2)c1. The van der Waals surface area contributed by atoms with Crippen LogP contribution in [0, 0.1) is 0 Å². The third-order valence-electron chi connectivity index (χ3n) is 8.97. The van der Waals surface area contributed by atoms with Crippen LogP contribution in [0.4, 0.5) is 37.8 Å². The van der Waals surface area contributed by atoms with Crippen molar-refractivity contribution in [3.8, 4) is 0 Å². The minimum absolute atomic E-state index is 0.155. The molecule has 0 radical (unpaired) electrons. The fourth-order valence-electron chi connectivity index (χ4n) is 5.01. The summed E-state index contributed by atoms with van der Waals surface area (Å²) in [5, 5.41) is 6.68. The highest BCUT2D eigenvalue weighted by atomic mass is 32.2. The van der Waals surface area contributed by atoms with Crippen molar-refractivity contribution >= 4 is 53.8 Å². The zero-order valence-electron chi connectivity index (χ0n) is 32.1. The molecule has 0 aliphatic carbocycles. The predicted octanol–water partition coefficient (Wildman–Crippen LogP) is 8.43. The lowest BCUT2D eigenvalue weighted by atomic mass is 9.87. The van der Waals surface area contributed by atoms with Crippen LogP contribution >= 0.6 is 0 Å². The number of fused-ring (bicyclic) bond motifs is 1. The summed E-state index contributed by atoms with van der Waals surface area (Å²) in [4.78, 5) is 34.9. The molecule has 0 fully saturated rings. The number of alkyl halides is 6. The topological polar surface area (TPSA) is 165 Å². The van der Waals surface area contributed by atoms with Gasteiger partial charge in [0.1, 0.15) is 26.7 Å². The van der Waals surface area contributed by atoms with E-state index in [-0.39, 0.29) is 11.2 Å². The molecule has 0 spiro atoms. The van der Waals surface area contributed by atoms with Gasteiger partial charge in [-0.15, -0.1) is 0 Å². The first kappa shape index (κ1) is 45.3. The number of benzene rings is 2. The molecule has 11 nitrogen and oxygen atoms in total. The standard InChI is InChI=1S/C20H23F3N2O3S.C19H16F3N3O3S/c1-18(2,3)13-7-6-8-14(11-13)25-17(26)19(4,5)29(27,28)15-9-10-16(24-12-15)20(21,22)23;1-18(2,29(27,28)14-7-8-15(23-11-14)19(20,21)22)17(26)25-16-9-12-5-3-4-6-13(12)10-24-16/h6-12H,1-5H3,(H,25,26);3-11H,1-2H3,(H,24,25,26). The summed E-state index contributed by atoms with van der Waals surface area (Å²) in [6.07, 6.45) is -6.63. The first-order chi connectivity index (χ1) is 26.5. The predicted molar refractivity (Wildman–Crippen MR) is 205 cm³/mol. The van der Waals surface area contributed by atoms with Gasteiger partial charge in [0.25, 0.3) is 0 Å². The molecule has 2 amide bonds. The summed E-state index contributed by atoms with van der Waals surface area (Å²) < 4.78 is 124. The average Bonchev–Trinajstić information content (AvgIpc) is 3.14. The Morgan fingerprint density at radius 3 is 1.43 bits per heavy atom. The van der Waals surface area contributed by atoms with Crippen molar-refractivity contribution in [3.05, 3.63) is 114 Å². The van der Waals surface area contributed by atoms with E-state index in [1.807, 2.05) is 45.0 Å². The summed E-state index contributed by atoms with van der Waals surface area (Å²) in [5.74, 6) is -1.52. The molecule has 0 saturated carbocycles. The van der Waals surface area contributed by atoms with Crippen LogP contribution in [0.5, 0.6) is 0 Å².